The largest absolute Gasteiger partial charge is 0.394 e. The van der Waals surface area contributed by atoms with Crippen LogP contribution < -0.4 is 11.2 Å². The lowest BCUT2D eigenvalue weighted by atomic mass is 10.2. The predicted octanol–water partition coefficient (Wildman–Crippen LogP) is -1.06. The molecular formula is C9H11BrN2O5. The number of hydrogen-bond donors (Lipinski definition) is 3. The van der Waals surface area contributed by atoms with Crippen LogP contribution in [0, 0.1) is 0 Å². The van der Waals surface area contributed by atoms with Crippen molar-refractivity contribution in [2.45, 2.75) is 24.9 Å². The van der Waals surface area contributed by atoms with E-state index in [1.54, 1.807) is 0 Å². The third-order valence-corrected chi connectivity index (χ3v) is 3.18. The van der Waals surface area contributed by atoms with Gasteiger partial charge in [0.15, 0.2) is 0 Å². The van der Waals surface area contributed by atoms with Crippen molar-refractivity contribution in [3.63, 3.8) is 0 Å². The highest BCUT2D eigenvalue weighted by molar-refractivity contribution is 9.10. The van der Waals surface area contributed by atoms with Crippen LogP contribution in [-0.2, 0) is 4.74 Å². The predicted molar refractivity (Wildman–Crippen MR) is 60.6 cm³/mol. The maximum absolute atomic E-state index is 11.5. The molecule has 7 nitrogen and oxygen atoms in total. The fraction of sp³-hybridized carbons (Fsp3) is 0.556. The standard InChI is InChI=1S/C9H11BrN2O5/c10-4-2-12(9(16)11-8(4)15)7-1-5(14)6(3-13)17-7/h2,5-7,13-14H,1,3H2,(H,11,15,16)/t5-,6?,7+/m0/s1. The van der Waals surface area contributed by atoms with E-state index in [-0.39, 0.29) is 17.5 Å². The molecule has 1 aliphatic heterocycles. The number of aliphatic hydroxyl groups is 2. The first-order valence-electron chi connectivity index (χ1n) is 4.98. The van der Waals surface area contributed by atoms with Crippen LogP contribution in [0.15, 0.2) is 20.3 Å². The molecule has 1 unspecified atom stereocenters. The molecule has 2 heterocycles. The van der Waals surface area contributed by atoms with E-state index < -0.39 is 29.7 Å². The Hall–Kier alpha value is -0.960. The number of ether oxygens (including phenoxy) is 1. The Kier molecular flexibility index (Phi) is 3.48. The molecule has 2 rings (SSSR count). The molecule has 0 saturated carbocycles. The molecule has 0 bridgehead atoms. The van der Waals surface area contributed by atoms with E-state index in [4.69, 9.17) is 9.84 Å². The first-order chi connectivity index (χ1) is 8.02. The zero-order chi connectivity index (χ0) is 12.6. The lowest BCUT2D eigenvalue weighted by molar-refractivity contribution is -0.0459. The van der Waals surface area contributed by atoms with Crippen LogP contribution in [0.3, 0.4) is 0 Å². The van der Waals surface area contributed by atoms with Gasteiger partial charge in [-0.15, -0.1) is 0 Å². The topological polar surface area (TPSA) is 105 Å². The van der Waals surface area contributed by atoms with E-state index in [2.05, 4.69) is 20.9 Å². The summed E-state index contributed by atoms with van der Waals surface area (Å²) in [6.07, 6.45) is -0.745. The summed E-state index contributed by atoms with van der Waals surface area (Å²) < 4.78 is 6.67. The van der Waals surface area contributed by atoms with E-state index in [9.17, 15) is 14.7 Å². The first-order valence-corrected chi connectivity index (χ1v) is 5.77. The van der Waals surface area contributed by atoms with Crippen molar-refractivity contribution < 1.29 is 14.9 Å². The average molecular weight is 307 g/mol. The zero-order valence-electron chi connectivity index (χ0n) is 8.67. The second-order valence-corrected chi connectivity index (χ2v) is 4.61. The molecule has 1 aromatic heterocycles. The van der Waals surface area contributed by atoms with Crippen molar-refractivity contribution in [1.29, 1.82) is 0 Å². The molecule has 17 heavy (non-hydrogen) atoms. The van der Waals surface area contributed by atoms with Gasteiger partial charge >= 0.3 is 5.69 Å². The van der Waals surface area contributed by atoms with Crippen molar-refractivity contribution >= 4 is 15.9 Å². The van der Waals surface area contributed by atoms with Crippen LogP contribution in [0.4, 0.5) is 0 Å². The smallest absolute Gasteiger partial charge is 0.330 e. The fourth-order valence-corrected chi connectivity index (χ4v) is 2.04. The van der Waals surface area contributed by atoms with E-state index in [0.717, 1.165) is 0 Å². The number of aromatic amines is 1. The highest BCUT2D eigenvalue weighted by Gasteiger charge is 2.35. The molecular weight excluding hydrogens is 296 g/mol. The minimum Gasteiger partial charge on any atom is -0.394 e. The molecule has 94 valence electrons. The summed E-state index contributed by atoms with van der Waals surface area (Å²) in [7, 11) is 0. The quantitative estimate of drug-likeness (QED) is 0.646. The van der Waals surface area contributed by atoms with Gasteiger partial charge in [-0.3, -0.25) is 14.3 Å². The van der Waals surface area contributed by atoms with E-state index in [0.29, 0.717) is 0 Å². The van der Waals surface area contributed by atoms with E-state index in [1.807, 2.05) is 0 Å². The molecule has 0 aliphatic carbocycles. The molecule has 1 saturated heterocycles. The third-order valence-electron chi connectivity index (χ3n) is 2.62. The molecule has 3 N–H and O–H groups in total. The van der Waals surface area contributed by atoms with Crippen LogP contribution >= 0.6 is 15.9 Å². The Morgan fingerprint density at radius 1 is 1.59 bits per heavy atom. The van der Waals surface area contributed by atoms with Gasteiger partial charge < -0.3 is 14.9 Å². The minimum atomic E-state index is -0.831. The Morgan fingerprint density at radius 2 is 2.29 bits per heavy atom. The van der Waals surface area contributed by atoms with Gasteiger partial charge in [0, 0.05) is 12.6 Å². The molecule has 1 aliphatic rings. The SMILES string of the molecule is O=c1[nH]c(=O)n([C@H]2C[C@H](O)C(CO)O2)cc1Br. The molecule has 1 fully saturated rings. The van der Waals surface area contributed by atoms with Crippen molar-refractivity contribution in [3.8, 4) is 0 Å². The minimum absolute atomic E-state index is 0.184. The van der Waals surface area contributed by atoms with Crippen LogP contribution in [0.25, 0.3) is 0 Å². The molecule has 1 aromatic rings. The van der Waals surface area contributed by atoms with Crippen molar-refractivity contribution in [2.75, 3.05) is 6.61 Å². The average Bonchev–Trinajstić information content (AvgIpc) is 2.65. The summed E-state index contributed by atoms with van der Waals surface area (Å²) in [4.78, 5) is 24.8. The van der Waals surface area contributed by atoms with Crippen LogP contribution in [0.2, 0.25) is 0 Å². The van der Waals surface area contributed by atoms with Crippen molar-refractivity contribution in [1.82, 2.24) is 9.55 Å². The molecule has 3 atom stereocenters. The lowest BCUT2D eigenvalue weighted by Crippen LogP contribution is -2.32. The number of halogens is 1. The summed E-state index contributed by atoms with van der Waals surface area (Å²) in [5, 5.41) is 18.5. The lowest BCUT2D eigenvalue weighted by Gasteiger charge is -2.14. The van der Waals surface area contributed by atoms with Gasteiger partial charge in [0.1, 0.15) is 12.3 Å². The Labute approximate surface area is 104 Å². The maximum Gasteiger partial charge on any atom is 0.330 e. The molecule has 0 spiro atoms. The second-order valence-electron chi connectivity index (χ2n) is 3.76. The Balaban J connectivity index is 2.34. The van der Waals surface area contributed by atoms with E-state index >= 15 is 0 Å². The highest BCUT2D eigenvalue weighted by atomic mass is 79.9. The van der Waals surface area contributed by atoms with Crippen LogP contribution in [-0.4, -0.2) is 38.6 Å². The van der Waals surface area contributed by atoms with Gasteiger partial charge in [0.05, 0.1) is 17.2 Å². The van der Waals surface area contributed by atoms with Gasteiger partial charge in [0.25, 0.3) is 5.56 Å². The number of nitrogens with one attached hydrogen (secondary N) is 1. The number of aliphatic hydroxyl groups excluding tert-OH is 2. The zero-order valence-corrected chi connectivity index (χ0v) is 10.3. The molecule has 0 amide bonds. The summed E-state index contributed by atoms with van der Waals surface area (Å²) in [5.41, 5.74) is -1.14. The Bertz CT molecular complexity index is 525. The van der Waals surface area contributed by atoms with Crippen LogP contribution in [0.1, 0.15) is 12.6 Å². The Morgan fingerprint density at radius 3 is 2.88 bits per heavy atom. The van der Waals surface area contributed by atoms with Crippen molar-refractivity contribution in [3.05, 3.63) is 31.5 Å². The number of aromatic nitrogens is 2. The van der Waals surface area contributed by atoms with Gasteiger partial charge in [-0.25, -0.2) is 4.79 Å². The summed E-state index contributed by atoms with van der Waals surface area (Å²) in [5.74, 6) is 0. The summed E-state index contributed by atoms with van der Waals surface area (Å²) in [6, 6.07) is 0. The second kappa shape index (κ2) is 4.73. The normalized spacial score (nSPS) is 28.5. The monoisotopic (exact) mass is 306 g/mol. The summed E-state index contributed by atoms with van der Waals surface area (Å²) in [6.45, 7) is -0.322. The number of hydrogen-bond acceptors (Lipinski definition) is 5. The molecule has 0 radical (unpaired) electrons. The fourth-order valence-electron chi connectivity index (χ4n) is 1.72. The van der Waals surface area contributed by atoms with Gasteiger partial charge in [0.2, 0.25) is 0 Å². The van der Waals surface area contributed by atoms with Gasteiger partial charge in [-0.1, -0.05) is 0 Å². The maximum atomic E-state index is 11.5. The number of rotatable bonds is 2. The van der Waals surface area contributed by atoms with Gasteiger partial charge in [-0.05, 0) is 15.9 Å². The highest BCUT2D eigenvalue weighted by Crippen LogP contribution is 2.27. The number of nitrogens with zero attached hydrogens (tertiary/aromatic N) is 1. The first kappa shape index (κ1) is 12.5. The summed E-state index contributed by atoms with van der Waals surface area (Å²) >= 11 is 3.00. The van der Waals surface area contributed by atoms with Crippen molar-refractivity contribution in [2.24, 2.45) is 0 Å². The van der Waals surface area contributed by atoms with Gasteiger partial charge in [-0.2, -0.15) is 0 Å². The molecule has 0 aromatic carbocycles. The van der Waals surface area contributed by atoms with Crippen LogP contribution in [0.5, 0.6) is 0 Å². The number of H-pyrrole nitrogens is 1. The third kappa shape index (κ3) is 2.34. The molecule has 8 heteroatoms. The van der Waals surface area contributed by atoms with E-state index in [1.165, 1.54) is 10.8 Å².